The molecule has 0 aliphatic rings. The van der Waals surface area contributed by atoms with Gasteiger partial charge in [0.2, 0.25) is 17.7 Å². The second-order valence-electron chi connectivity index (χ2n) is 5.54. The van der Waals surface area contributed by atoms with E-state index in [0.29, 0.717) is 0 Å². The lowest BCUT2D eigenvalue weighted by atomic mass is 10.3. The Morgan fingerprint density at radius 3 is 1.20 bits per heavy atom. The molecule has 0 fully saturated rings. The average molecular weight is 433 g/mol. The van der Waals surface area contributed by atoms with E-state index in [9.17, 15) is 28.8 Å². The number of esters is 3. The van der Waals surface area contributed by atoms with Gasteiger partial charge in [-0.1, -0.05) is 6.58 Å². The van der Waals surface area contributed by atoms with Crippen molar-refractivity contribution in [3.8, 4) is 0 Å². The molecule has 0 aromatic heterocycles. The Kier molecular flexibility index (Phi) is 18.4. The number of hydrogen-bond acceptors (Lipinski definition) is 9. The minimum atomic E-state index is -0.629. The SMILES string of the molecule is C=C(NC(C)=O)C(=O)OC.COC(=O)[C@@H](C)NC(C)=O.COC(=O)[C@H](C)NC(C)=O. The van der Waals surface area contributed by atoms with Gasteiger partial charge in [-0.15, -0.1) is 0 Å². The van der Waals surface area contributed by atoms with E-state index in [0.717, 1.165) is 0 Å². The molecule has 0 aliphatic carbocycles. The maximum Gasteiger partial charge on any atom is 0.353 e. The number of hydrogen-bond donors (Lipinski definition) is 3. The maximum absolute atomic E-state index is 10.6. The summed E-state index contributed by atoms with van der Waals surface area (Å²) in [5.41, 5.74) is -0.0463. The Morgan fingerprint density at radius 1 is 0.667 bits per heavy atom. The lowest BCUT2D eigenvalue weighted by Gasteiger charge is -2.08. The van der Waals surface area contributed by atoms with Crippen molar-refractivity contribution in [3.63, 3.8) is 0 Å². The summed E-state index contributed by atoms with van der Waals surface area (Å²) in [6, 6.07) is -1.11. The Bertz CT molecular complexity index is 598. The summed E-state index contributed by atoms with van der Waals surface area (Å²) in [4.78, 5) is 62.7. The second-order valence-corrected chi connectivity index (χ2v) is 5.54. The highest BCUT2D eigenvalue weighted by molar-refractivity contribution is 5.92. The first-order valence-corrected chi connectivity index (χ1v) is 8.47. The molecule has 0 heterocycles. The van der Waals surface area contributed by atoms with Crippen molar-refractivity contribution in [3.05, 3.63) is 12.3 Å². The maximum atomic E-state index is 10.6. The fourth-order valence-electron chi connectivity index (χ4n) is 1.47. The highest BCUT2D eigenvalue weighted by Crippen LogP contribution is 1.86. The van der Waals surface area contributed by atoms with Crippen LogP contribution in [-0.4, -0.2) is 69.0 Å². The normalized spacial score (nSPS) is 10.7. The molecule has 0 aliphatic heterocycles. The summed E-state index contributed by atoms with van der Waals surface area (Å²) in [5, 5.41) is 6.95. The minimum Gasteiger partial charge on any atom is -0.467 e. The summed E-state index contributed by atoms with van der Waals surface area (Å²) in [6.07, 6.45) is 0. The molecule has 2 atom stereocenters. The first-order chi connectivity index (χ1) is 13.7. The molecule has 12 nitrogen and oxygen atoms in total. The van der Waals surface area contributed by atoms with Crippen LogP contribution in [0.1, 0.15) is 34.6 Å². The third kappa shape index (κ3) is 19.3. The van der Waals surface area contributed by atoms with Crippen molar-refractivity contribution in [2.45, 2.75) is 46.7 Å². The van der Waals surface area contributed by atoms with Crippen molar-refractivity contribution in [1.29, 1.82) is 0 Å². The molecule has 0 saturated heterocycles. The zero-order valence-electron chi connectivity index (χ0n) is 18.5. The van der Waals surface area contributed by atoms with E-state index in [1.54, 1.807) is 13.8 Å². The molecule has 0 spiro atoms. The van der Waals surface area contributed by atoms with Crippen LogP contribution in [0.5, 0.6) is 0 Å². The van der Waals surface area contributed by atoms with Crippen LogP contribution in [0.3, 0.4) is 0 Å². The van der Waals surface area contributed by atoms with Gasteiger partial charge in [-0.2, -0.15) is 0 Å². The molecule has 12 heteroatoms. The average Bonchev–Trinajstić information content (AvgIpc) is 2.65. The van der Waals surface area contributed by atoms with E-state index >= 15 is 0 Å². The van der Waals surface area contributed by atoms with Gasteiger partial charge < -0.3 is 30.2 Å². The number of amides is 3. The largest absolute Gasteiger partial charge is 0.467 e. The Morgan fingerprint density at radius 2 is 1.00 bits per heavy atom. The number of rotatable bonds is 6. The first kappa shape index (κ1) is 31.3. The summed E-state index contributed by atoms with van der Waals surface area (Å²) >= 11 is 0. The van der Waals surface area contributed by atoms with E-state index in [-0.39, 0.29) is 23.4 Å². The van der Waals surface area contributed by atoms with Crippen molar-refractivity contribution in [2.75, 3.05) is 21.3 Å². The van der Waals surface area contributed by atoms with Crippen molar-refractivity contribution < 1.29 is 43.0 Å². The van der Waals surface area contributed by atoms with Crippen molar-refractivity contribution in [2.24, 2.45) is 0 Å². The molecule has 3 amide bonds. The van der Waals surface area contributed by atoms with E-state index in [4.69, 9.17) is 0 Å². The van der Waals surface area contributed by atoms with Crippen LogP contribution < -0.4 is 16.0 Å². The fraction of sp³-hybridized carbons (Fsp3) is 0.556. The van der Waals surface area contributed by atoms with Crippen LogP contribution >= 0.6 is 0 Å². The summed E-state index contributed by atoms with van der Waals surface area (Å²) in [6.45, 7) is 10.4. The van der Waals surface area contributed by atoms with Gasteiger partial charge in [0.15, 0.2) is 0 Å². The van der Waals surface area contributed by atoms with Gasteiger partial charge in [0.05, 0.1) is 21.3 Å². The van der Waals surface area contributed by atoms with Gasteiger partial charge in [0.25, 0.3) is 0 Å². The van der Waals surface area contributed by atoms with E-state index in [2.05, 4.69) is 36.7 Å². The number of carbonyl (C=O) groups is 6. The fourth-order valence-corrected chi connectivity index (χ4v) is 1.47. The predicted molar refractivity (Wildman–Crippen MR) is 106 cm³/mol. The molecule has 0 radical (unpaired) electrons. The zero-order chi connectivity index (χ0) is 24.4. The molecule has 172 valence electrons. The number of ether oxygens (including phenoxy) is 3. The Labute approximate surface area is 175 Å². The lowest BCUT2D eigenvalue weighted by molar-refractivity contribution is -0.144. The molecule has 0 unspecified atom stereocenters. The molecule has 0 rings (SSSR count). The molecule has 3 N–H and O–H groups in total. The number of methoxy groups -OCH3 is 3. The van der Waals surface area contributed by atoms with Gasteiger partial charge in [0.1, 0.15) is 17.8 Å². The molecule has 30 heavy (non-hydrogen) atoms. The molecule has 0 aromatic carbocycles. The van der Waals surface area contributed by atoms with Gasteiger partial charge in [-0.05, 0) is 13.8 Å². The lowest BCUT2D eigenvalue weighted by Crippen LogP contribution is -2.37. The smallest absolute Gasteiger partial charge is 0.353 e. The first-order valence-electron chi connectivity index (χ1n) is 8.47. The second kappa shape index (κ2) is 17.6. The molecule has 0 bridgehead atoms. The van der Waals surface area contributed by atoms with E-state index in [1.807, 2.05) is 0 Å². The monoisotopic (exact) mass is 433 g/mol. The van der Waals surface area contributed by atoms with Crippen molar-refractivity contribution in [1.82, 2.24) is 16.0 Å². The third-order valence-corrected chi connectivity index (χ3v) is 2.71. The highest BCUT2D eigenvalue weighted by Gasteiger charge is 2.13. The summed E-state index contributed by atoms with van der Waals surface area (Å²) in [7, 11) is 3.77. The quantitative estimate of drug-likeness (QED) is 0.275. The standard InChI is InChI=1S/2C6H11NO3.C6H9NO3/c3*1-4(6(9)10-3)7-5(2)8/h2*4H,1-3H3,(H,7,8);1H2,2-3H3,(H,7,8)/t2*4-;/m10./s1. The van der Waals surface area contributed by atoms with Crippen LogP contribution in [0.15, 0.2) is 12.3 Å². The van der Waals surface area contributed by atoms with Crippen LogP contribution in [0.2, 0.25) is 0 Å². The van der Waals surface area contributed by atoms with Crippen LogP contribution in [-0.2, 0) is 43.0 Å². The minimum absolute atomic E-state index is 0.0463. The van der Waals surface area contributed by atoms with Gasteiger partial charge in [0, 0.05) is 20.8 Å². The topological polar surface area (TPSA) is 166 Å². The van der Waals surface area contributed by atoms with Crippen molar-refractivity contribution >= 4 is 35.6 Å². The molecular formula is C18H31N3O9. The van der Waals surface area contributed by atoms with Crippen LogP contribution in [0, 0.1) is 0 Å². The molecule has 0 aromatic rings. The highest BCUT2D eigenvalue weighted by atomic mass is 16.5. The number of carbonyl (C=O) groups excluding carboxylic acids is 6. The van der Waals surface area contributed by atoms with Gasteiger partial charge >= 0.3 is 17.9 Å². The van der Waals surface area contributed by atoms with Gasteiger partial charge in [-0.3, -0.25) is 14.4 Å². The third-order valence-electron chi connectivity index (χ3n) is 2.71. The number of nitrogens with one attached hydrogen (secondary N) is 3. The van der Waals surface area contributed by atoms with Crippen LogP contribution in [0.4, 0.5) is 0 Å². The molecular weight excluding hydrogens is 402 g/mol. The van der Waals surface area contributed by atoms with E-state index in [1.165, 1.54) is 42.1 Å². The summed E-state index contributed by atoms with van der Waals surface area (Å²) in [5.74, 6) is -2.31. The predicted octanol–water partition coefficient (Wildman–Crippen LogP) is -0.823. The Balaban J connectivity index is -0.000000364. The molecule has 0 saturated carbocycles. The summed E-state index contributed by atoms with van der Waals surface area (Å²) < 4.78 is 13.0. The van der Waals surface area contributed by atoms with Crippen LogP contribution in [0.25, 0.3) is 0 Å². The van der Waals surface area contributed by atoms with Gasteiger partial charge in [-0.25, -0.2) is 14.4 Å². The Hall–Kier alpha value is -3.44. The van der Waals surface area contributed by atoms with E-state index < -0.39 is 30.0 Å². The zero-order valence-corrected chi connectivity index (χ0v) is 18.5.